The fraction of sp³-hybridized carbons (Fsp3) is 0.500. The first-order valence-corrected chi connectivity index (χ1v) is 11.6. The number of hydrogen-bond acceptors (Lipinski definition) is 5. The molecule has 2 atom stereocenters. The number of rotatable bonds is 6. The van der Waals surface area contributed by atoms with Crippen LogP contribution in [0, 0.1) is 5.92 Å². The topological polar surface area (TPSA) is 62.2 Å². The number of ether oxygens (including phenoxy) is 2. The SMILES string of the molecule is CCC1CN(CC(=O)N2CCC(C(O)c3ccccc3)CC2)Cc2cc(OC)ccc2O1. The van der Waals surface area contributed by atoms with Crippen molar-refractivity contribution in [2.45, 2.75) is 44.9 Å². The minimum Gasteiger partial charge on any atom is -0.497 e. The van der Waals surface area contributed by atoms with E-state index in [2.05, 4.69) is 11.8 Å². The number of methoxy groups -OCH3 is 1. The molecule has 6 heteroatoms. The van der Waals surface area contributed by atoms with Crippen molar-refractivity contribution in [1.82, 2.24) is 9.80 Å². The van der Waals surface area contributed by atoms with Crippen LogP contribution in [0.4, 0.5) is 0 Å². The predicted molar refractivity (Wildman–Crippen MR) is 124 cm³/mol. The fourth-order valence-electron chi connectivity index (χ4n) is 4.74. The number of amides is 1. The van der Waals surface area contributed by atoms with E-state index in [9.17, 15) is 9.90 Å². The van der Waals surface area contributed by atoms with Crippen LogP contribution in [0.3, 0.4) is 0 Å². The molecule has 1 saturated heterocycles. The monoisotopic (exact) mass is 438 g/mol. The molecule has 6 nitrogen and oxygen atoms in total. The Morgan fingerprint density at radius 3 is 2.62 bits per heavy atom. The van der Waals surface area contributed by atoms with E-state index in [1.807, 2.05) is 53.4 Å². The molecule has 1 amide bonds. The number of fused-ring (bicyclic) bond motifs is 1. The van der Waals surface area contributed by atoms with Gasteiger partial charge in [-0.3, -0.25) is 9.69 Å². The largest absolute Gasteiger partial charge is 0.497 e. The Balaban J connectivity index is 1.36. The Hall–Kier alpha value is -2.57. The Morgan fingerprint density at radius 2 is 1.94 bits per heavy atom. The van der Waals surface area contributed by atoms with Gasteiger partial charge in [0.2, 0.25) is 5.91 Å². The lowest BCUT2D eigenvalue weighted by molar-refractivity contribution is -0.134. The number of aliphatic hydroxyl groups excluding tert-OH is 1. The first-order valence-electron chi connectivity index (χ1n) is 11.6. The number of nitrogens with zero attached hydrogens (tertiary/aromatic N) is 2. The third-order valence-electron chi connectivity index (χ3n) is 6.71. The summed E-state index contributed by atoms with van der Waals surface area (Å²) in [6.07, 6.45) is 2.13. The van der Waals surface area contributed by atoms with E-state index >= 15 is 0 Å². The highest BCUT2D eigenvalue weighted by atomic mass is 16.5. The van der Waals surface area contributed by atoms with Gasteiger partial charge in [0, 0.05) is 31.7 Å². The molecular weight excluding hydrogens is 404 g/mol. The van der Waals surface area contributed by atoms with E-state index < -0.39 is 6.10 Å². The van der Waals surface area contributed by atoms with Crippen molar-refractivity contribution < 1.29 is 19.4 Å². The highest BCUT2D eigenvalue weighted by Crippen LogP contribution is 2.32. The van der Waals surface area contributed by atoms with Crippen molar-refractivity contribution in [2.75, 3.05) is 33.3 Å². The van der Waals surface area contributed by atoms with Crippen molar-refractivity contribution in [3.8, 4) is 11.5 Å². The Morgan fingerprint density at radius 1 is 1.19 bits per heavy atom. The average molecular weight is 439 g/mol. The van der Waals surface area contributed by atoms with Crippen LogP contribution in [0.2, 0.25) is 0 Å². The third-order valence-corrected chi connectivity index (χ3v) is 6.71. The smallest absolute Gasteiger partial charge is 0.236 e. The van der Waals surface area contributed by atoms with Crippen LogP contribution in [0.25, 0.3) is 0 Å². The van der Waals surface area contributed by atoms with E-state index in [0.717, 1.165) is 48.4 Å². The maximum absolute atomic E-state index is 13.1. The highest BCUT2D eigenvalue weighted by Gasteiger charge is 2.30. The molecule has 1 fully saturated rings. The summed E-state index contributed by atoms with van der Waals surface area (Å²) in [6, 6.07) is 15.7. The second-order valence-corrected chi connectivity index (χ2v) is 8.87. The van der Waals surface area contributed by atoms with Gasteiger partial charge < -0.3 is 19.5 Å². The molecule has 0 bridgehead atoms. The standard InChI is InChI=1S/C26H34N2O4/c1-3-22-17-27(16-21-15-23(31-2)9-10-24(21)32-22)18-25(29)28-13-11-20(12-14-28)26(30)19-7-5-4-6-8-19/h4-10,15,20,22,26,30H,3,11-14,16-18H2,1-2H3. The van der Waals surface area contributed by atoms with Gasteiger partial charge in [-0.2, -0.15) is 0 Å². The molecule has 4 rings (SSSR count). The van der Waals surface area contributed by atoms with Gasteiger partial charge in [0.25, 0.3) is 0 Å². The van der Waals surface area contributed by atoms with Crippen molar-refractivity contribution in [1.29, 1.82) is 0 Å². The summed E-state index contributed by atoms with van der Waals surface area (Å²) >= 11 is 0. The Kier molecular flexibility index (Phi) is 7.33. The second-order valence-electron chi connectivity index (χ2n) is 8.87. The number of benzene rings is 2. The molecule has 0 radical (unpaired) electrons. The molecule has 0 aromatic heterocycles. The molecule has 2 aliphatic heterocycles. The van der Waals surface area contributed by atoms with Crippen LogP contribution in [-0.4, -0.2) is 60.2 Å². The van der Waals surface area contributed by atoms with Gasteiger partial charge >= 0.3 is 0 Å². The second kappa shape index (κ2) is 10.4. The first-order chi connectivity index (χ1) is 15.6. The zero-order valence-electron chi connectivity index (χ0n) is 19.1. The number of carbonyl (C=O) groups is 1. The van der Waals surface area contributed by atoms with Gasteiger partial charge in [-0.25, -0.2) is 0 Å². The van der Waals surface area contributed by atoms with Crippen LogP contribution < -0.4 is 9.47 Å². The summed E-state index contributed by atoms with van der Waals surface area (Å²) in [5.41, 5.74) is 2.01. The lowest BCUT2D eigenvalue weighted by atomic mass is 9.87. The highest BCUT2D eigenvalue weighted by molar-refractivity contribution is 5.78. The molecule has 32 heavy (non-hydrogen) atoms. The third kappa shape index (κ3) is 5.25. The van der Waals surface area contributed by atoms with E-state index in [-0.39, 0.29) is 17.9 Å². The number of hydrogen-bond donors (Lipinski definition) is 1. The van der Waals surface area contributed by atoms with Crippen molar-refractivity contribution in [3.05, 3.63) is 59.7 Å². The van der Waals surface area contributed by atoms with Crippen LogP contribution >= 0.6 is 0 Å². The number of piperidine rings is 1. The van der Waals surface area contributed by atoms with Gasteiger partial charge in [0.1, 0.15) is 17.6 Å². The zero-order chi connectivity index (χ0) is 22.5. The molecule has 2 heterocycles. The van der Waals surface area contributed by atoms with Crippen LogP contribution in [-0.2, 0) is 11.3 Å². The Bertz CT molecular complexity index is 896. The summed E-state index contributed by atoms with van der Waals surface area (Å²) < 4.78 is 11.6. The van der Waals surface area contributed by atoms with Crippen molar-refractivity contribution in [2.24, 2.45) is 5.92 Å². The minimum atomic E-state index is -0.465. The first kappa shape index (κ1) is 22.6. The van der Waals surface area contributed by atoms with Gasteiger partial charge in [-0.15, -0.1) is 0 Å². The molecule has 0 spiro atoms. The van der Waals surface area contributed by atoms with Crippen LogP contribution in [0.1, 0.15) is 43.4 Å². The van der Waals surface area contributed by atoms with Gasteiger partial charge in [-0.1, -0.05) is 37.3 Å². The molecule has 1 N–H and O–H groups in total. The van der Waals surface area contributed by atoms with Crippen LogP contribution in [0.15, 0.2) is 48.5 Å². The number of aliphatic hydroxyl groups is 1. The van der Waals surface area contributed by atoms with E-state index in [1.54, 1.807) is 7.11 Å². The summed E-state index contributed by atoms with van der Waals surface area (Å²) in [6.45, 7) is 5.27. The lowest BCUT2D eigenvalue weighted by Crippen LogP contribution is -2.46. The van der Waals surface area contributed by atoms with Gasteiger partial charge in [0.05, 0.1) is 19.8 Å². The zero-order valence-corrected chi connectivity index (χ0v) is 19.1. The molecule has 2 aliphatic rings. The normalized spacial score (nSPS) is 20.7. The molecule has 2 aromatic carbocycles. The van der Waals surface area contributed by atoms with Crippen LogP contribution in [0.5, 0.6) is 11.5 Å². The molecule has 0 saturated carbocycles. The quantitative estimate of drug-likeness (QED) is 0.746. The molecule has 172 valence electrons. The minimum absolute atomic E-state index is 0.0594. The lowest BCUT2D eigenvalue weighted by Gasteiger charge is -2.35. The van der Waals surface area contributed by atoms with E-state index in [0.29, 0.717) is 26.2 Å². The van der Waals surface area contributed by atoms with E-state index in [1.165, 1.54) is 0 Å². The van der Waals surface area contributed by atoms with Crippen molar-refractivity contribution >= 4 is 5.91 Å². The molecular formula is C26H34N2O4. The molecule has 0 aliphatic carbocycles. The average Bonchev–Trinajstić information content (AvgIpc) is 3.02. The summed E-state index contributed by atoms with van der Waals surface area (Å²) in [5, 5.41) is 10.7. The molecule has 2 unspecified atom stereocenters. The number of carbonyl (C=O) groups excluding carboxylic acids is 1. The maximum Gasteiger partial charge on any atom is 0.236 e. The number of likely N-dealkylation sites (tertiary alicyclic amines) is 1. The van der Waals surface area contributed by atoms with Gasteiger partial charge in [-0.05, 0) is 48.9 Å². The fourth-order valence-corrected chi connectivity index (χ4v) is 4.74. The maximum atomic E-state index is 13.1. The Labute approximate surface area is 190 Å². The summed E-state index contributed by atoms with van der Waals surface area (Å²) in [4.78, 5) is 17.3. The predicted octanol–water partition coefficient (Wildman–Crippen LogP) is 3.64. The summed E-state index contributed by atoms with van der Waals surface area (Å²) in [5.74, 6) is 2.02. The van der Waals surface area contributed by atoms with Gasteiger partial charge in [0.15, 0.2) is 0 Å². The summed E-state index contributed by atoms with van der Waals surface area (Å²) in [7, 11) is 1.66. The van der Waals surface area contributed by atoms with E-state index in [4.69, 9.17) is 9.47 Å². The van der Waals surface area contributed by atoms with Crippen molar-refractivity contribution in [3.63, 3.8) is 0 Å². The molecule has 2 aromatic rings.